The third-order valence-corrected chi connectivity index (χ3v) is 5.12. The first-order valence-electron chi connectivity index (χ1n) is 9.58. The molecule has 0 aliphatic carbocycles. The van der Waals surface area contributed by atoms with Gasteiger partial charge in [-0.3, -0.25) is 14.4 Å². The molecule has 4 unspecified atom stereocenters. The molecule has 166 valence electrons. The molecule has 1 aliphatic heterocycles. The quantitative estimate of drug-likeness (QED) is 0.129. The van der Waals surface area contributed by atoms with E-state index >= 15 is 0 Å². The van der Waals surface area contributed by atoms with Gasteiger partial charge in [-0.2, -0.15) is 12.6 Å². The van der Waals surface area contributed by atoms with Crippen molar-refractivity contribution in [2.45, 2.75) is 56.3 Å². The number of nitrogens with two attached hydrogens (primary N) is 2. The maximum absolute atomic E-state index is 12.7. The van der Waals surface area contributed by atoms with Gasteiger partial charge in [-0.25, -0.2) is 4.79 Å². The maximum atomic E-state index is 12.7. The Labute approximate surface area is 175 Å². The van der Waals surface area contributed by atoms with Crippen molar-refractivity contribution >= 4 is 36.3 Å². The van der Waals surface area contributed by atoms with Gasteiger partial charge in [-0.1, -0.05) is 0 Å². The standard InChI is InChI=1S/C17H31N5O6S/c18-6-2-1-4-11(17(27)28)20-15(25)13-5-3-7-22(13)16(26)12(8-23)21-14(24)10(19)9-29/h10-13,23,29H,1-9,18-19H2,(H,20,25)(H,21,24)(H,27,28). The number of rotatable bonds is 12. The van der Waals surface area contributed by atoms with E-state index in [4.69, 9.17) is 11.5 Å². The van der Waals surface area contributed by atoms with E-state index < -0.39 is 54.5 Å². The molecule has 1 aliphatic rings. The van der Waals surface area contributed by atoms with Crippen molar-refractivity contribution in [2.24, 2.45) is 11.5 Å². The smallest absolute Gasteiger partial charge is 0.326 e. The first-order chi connectivity index (χ1) is 13.8. The van der Waals surface area contributed by atoms with Crippen LogP contribution in [-0.2, 0) is 19.2 Å². The summed E-state index contributed by atoms with van der Waals surface area (Å²) in [4.78, 5) is 49.9. The summed E-state index contributed by atoms with van der Waals surface area (Å²) in [6.07, 6.45) is 2.31. The number of nitrogens with one attached hydrogen (secondary N) is 2. The predicted molar refractivity (Wildman–Crippen MR) is 108 cm³/mol. The van der Waals surface area contributed by atoms with E-state index in [9.17, 15) is 29.4 Å². The number of carbonyl (C=O) groups excluding carboxylic acids is 3. The summed E-state index contributed by atoms with van der Waals surface area (Å²) in [5.41, 5.74) is 11.0. The van der Waals surface area contributed by atoms with Gasteiger partial charge in [0, 0.05) is 12.3 Å². The van der Waals surface area contributed by atoms with Gasteiger partial charge in [-0.15, -0.1) is 0 Å². The second-order valence-electron chi connectivity index (χ2n) is 6.91. The summed E-state index contributed by atoms with van der Waals surface area (Å²) in [6.45, 7) is 0.0225. The normalized spacial score (nSPS) is 19.3. The molecule has 1 fully saturated rings. The number of hydrogen-bond acceptors (Lipinski definition) is 8. The Morgan fingerprint density at radius 1 is 1.17 bits per heavy atom. The van der Waals surface area contributed by atoms with Crippen LogP contribution in [0.4, 0.5) is 0 Å². The predicted octanol–water partition coefficient (Wildman–Crippen LogP) is -2.59. The van der Waals surface area contributed by atoms with Crippen LogP contribution in [0.1, 0.15) is 32.1 Å². The van der Waals surface area contributed by atoms with Gasteiger partial charge >= 0.3 is 5.97 Å². The average Bonchev–Trinajstić information content (AvgIpc) is 3.19. The number of aliphatic hydroxyl groups is 1. The molecule has 0 aromatic rings. The number of aliphatic hydroxyl groups excluding tert-OH is 1. The molecule has 4 atom stereocenters. The van der Waals surface area contributed by atoms with E-state index in [-0.39, 0.29) is 18.7 Å². The molecule has 0 aromatic heterocycles. The third-order valence-electron chi connectivity index (χ3n) is 4.73. The summed E-state index contributed by atoms with van der Waals surface area (Å²) in [6, 6.07) is -4.14. The lowest BCUT2D eigenvalue weighted by atomic mass is 10.1. The molecule has 8 N–H and O–H groups in total. The van der Waals surface area contributed by atoms with E-state index in [0.29, 0.717) is 32.2 Å². The van der Waals surface area contributed by atoms with Crippen LogP contribution in [0, 0.1) is 0 Å². The molecule has 0 aromatic carbocycles. The Bertz CT molecular complexity index is 593. The molecular weight excluding hydrogens is 402 g/mol. The molecule has 0 bridgehead atoms. The molecule has 1 rings (SSSR count). The number of likely N-dealkylation sites (tertiary alicyclic amines) is 1. The van der Waals surface area contributed by atoms with E-state index in [1.807, 2.05) is 0 Å². The number of nitrogens with zero attached hydrogens (tertiary/aromatic N) is 1. The molecule has 29 heavy (non-hydrogen) atoms. The zero-order valence-electron chi connectivity index (χ0n) is 16.2. The fourth-order valence-corrected chi connectivity index (χ4v) is 3.23. The minimum Gasteiger partial charge on any atom is -0.480 e. The van der Waals surface area contributed by atoms with Crippen molar-refractivity contribution < 1.29 is 29.4 Å². The van der Waals surface area contributed by atoms with E-state index in [2.05, 4.69) is 23.3 Å². The molecular formula is C17H31N5O6S. The molecule has 11 nitrogen and oxygen atoms in total. The summed E-state index contributed by atoms with van der Waals surface area (Å²) >= 11 is 3.91. The Kier molecular flexibility index (Phi) is 10.9. The van der Waals surface area contributed by atoms with Crippen LogP contribution in [0.25, 0.3) is 0 Å². The summed E-state index contributed by atoms with van der Waals surface area (Å²) in [5, 5.41) is 23.7. The van der Waals surface area contributed by atoms with Crippen LogP contribution in [0.3, 0.4) is 0 Å². The van der Waals surface area contributed by atoms with Crippen LogP contribution in [0.15, 0.2) is 0 Å². The number of carbonyl (C=O) groups is 4. The Balaban J connectivity index is 2.78. The monoisotopic (exact) mass is 433 g/mol. The highest BCUT2D eigenvalue weighted by Crippen LogP contribution is 2.19. The second-order valence-corrected chi connectivity index (χ2v) is 7.27. The van der Waals surface area contributed by atoms with Crippen molar-refractivity contribution in [1.29, 1.82) is 0 Å². The largest absolute Gasteiger partial charge is 0.480 e. The SMILES string of the molecule is NCCCCC(NC(=O)C1CCCN1C(=O)C(CO)NC(=O)C(N)CS)C(=O)O. The van der Waals surface area contributed by atoms with Crippen LogP contribution >= 0.6 is 12.6 Å². The van der Waals surface area contributed by atoms with Gasteiger partial charge in [-0.05, 0) is 38.6 Å². The molecule has 1 saturated heterocycles. The third kappa shape index (κ3) is 7.46. The first kappa shape index (κ1) is 25.1. The number of carboxylic acid groups (broad SMARTS) is 1. The van der Waals surface area contributed by atoms with Gasteiger partial charge in [0.25, 0.3) is 0 Å². The van der Waals surface area contributed by atoms with Crippen LogP contribution in [0.5, 0.6) is 0 Å². The summed E-state index contributed by atoms with van der Waals surface area (Å²) in [7, 11) is 0. The molecule has 3 amide bonds. The lowest BCUT2D eigenvalue weighted by Crippen LogP contribution is -2.58. The number of aliphatic carboxylic acids is 1. The summed E-state index contributed by atoms with van der Waals surface area (Å²) < 4.78 is 0. The van der Waals surface area contributed by atoms with Crippen molar-refractivity contribution in [3.05, 3.63) is 0 Å². The lowest BCUT2D eigenvalue weighted by Gasteiger charge is -2.29. The van der Waals surface area contributed by atoms with Gasteiger partial charge in [0.2, 0.25) is 17.7 Å². The minimum atomic E-state index is -1.25. The van der Waals surface area contributed by atoms with Gasteiger partial charge in [0.05, 0.1) is 12.6 Å². The number of thiol groups is 1. The number of unbranched alkanes of at least 4 members (excludes halogenated alkanes) is 1. The zero-order chi connectivity index (χ0) is 22.0. The highest BCUT2D eigenvalue weighted by atomic mass is 32.1. The minimum absolute atomic E-state index is 0.0631. The number of carboxylic acids is 1. The fraction of sp³-hybridized carbons (Fsp3) is 0.765. The Hall–Kier alpha value is -1.89. The maximum Gasteiger partial charge on any atom is 0.326 e. The molecule has 1 heterocycles. The van der Waals surface area contributed by atoms with Gasteiger partial charge in [0.1, 0.15) is 18.1 Å². The van der Waals surface area contributed by atoms with Crippen LogP contribution in [-0.4, -0.2) is 88.4 Å². The zero-order valence-corrected chi connectivity index (χ0v) is 17.1. The van der Waals surface area contributed by atoms with Crippen molar-refractivity contribution in [2.75, 3.05) is 25.4 Å². The molecule has 12 heteroatoms. The Morgan fingerprint density at radius 2 is 1.86 bits per heavy atom. The molecule has 0 radical (unpaired) electrons. The van der Waals surface area contributed by atoms with E-state index in [0.717, 1.165) is 0 Å². The fourth-order valence-electron chi connectivity index (χ4n) is 3.07. The van der Waals surface area contributed by atoms with Gasteiger partial charge in [0.15, 0.2) is 0 Å². The highest BCUT2D eigenvalue weighted by molar-refractivity contribution is 7.80. The Morgan fingerprint density at radius 3 is 2.41 bits per heavy atom. The average molecular weight is 434 g/mol. The van der Waals surface area contributed by atoms with Crippen molar-refractivity contribution in [1.82, 2.24) is 15.5 Å². The number of hydrogen-bond donors (Lipinski definition) is 7. The van der Waals surface area contributed by atoms with Crippen LogP contribution < -0.4 is 22.1 Å². The van der Waals surface area contributed by atoms with Crippen LogP contribution in [0.2, 0.25) is 0 Å². The van der Waals surface area contributed by atoms with E-state index in [1.54, 1.807) is 0 Å². The second kappa shape index (κ2) is 12.6. The first-order valence-corrected chi connectivity index (χ1v) is 10.2. The van der Waals surface area contributed by atoms with Crippen molar-refractivity contribution in [3.63, 3.8) is 0 Å². The lowest BCUT2D eigenvalue weighted by molar-refractivity contribution is -0.145. The highest BCUT2D eigenvalue weighted by Gasteiger charge is 2.38. The van der Waals surface area contributed by atoms with E-state index in [1.165, 1.54) is 4.90 Å². The number of amides is 3. The molecule has 0 saturated carbocycles. The van der Waals surface area contributed by atoms with Gasteiger partial charge < -0.3 is 37.2 Å². The molecule has 0 spiro atoms. The van der Waals surface area contributed by atoms with Crippen molar-refractivity contribution in [3.8, 4) is 0 Å². The topological polar surface area (TPSA) is 188 Å². The summed E-state index contributed by atoms with van der Waals surface area (Å²) in [5.74, 6) is -2.94.